The van der Waals surface area contributed by atoms with E-state index < -0.39 is 11.9 Å². The van der Waals surface area contributed by atoms with E-state index in [1.54, 1.807) is 0 Å². The minimum Gasteiger partial charge on any atom is -0.478 e. The van der Waals surface area contributed by atoms with Crippen LogP contribution in [-0.2, 0) is 4.79 Å². The third-order valence-electron chi connectivity index (χ3n) is 2.65. The van der Waals surface area contributed by atoms with Crippen molar-refractivity contribution in [3.8, 4) is 0 Å². The SMILES string of the molecule is O=C(CCNC(=O)c1cc(C(=O)O)co1)NC1CC1. The van der Waals surface area contributed by atoms with Crippen molar-refractivity contribution in [1.82, 2.24) is 10.6 Å². The van der Waals surface area contributed by atoms with Crippen molar-refractivity contribution in [2.24, 2.45) is 0 Å². The van der Waals surface area contributed by atoms with Crippen molar-refractivity contribution < 1.29 is 23.9 Å². The van der Waals surface area contributed by atoms with Gasteiger partial charge in [-0.15, -0.1) is 0 Å². The van der Waals surface area contributed by atoms with E-state index in [1.807, 2.05) is 0 Å². The van der Waals surface area contributed by atoms with Crippen LogP contribution in [0.3, 0.4) is 0 Å². The van der Waals surface area contributed by atoms with Crippen molar-refractivity contribution in [3.63, 3.8) is 0 Å². The summed E-state index contributed by atoms with van der Waals surface area (Å²) in [5.74, 6) is -1.88. The van der Waals surface area contributed by atoms with Crippen LogP contribution < -0.4 is 10.6 Å². The fourth-order valence-electron chi connectivity index (χ4n) is 1.47. The van der Waals surface area contributed by atoms with E-state index in [0.717, 1.165) is 25.2 Å². The van der Waals surface area contributed by atoms with Gasteiger partial charge in [0, 0.05) is 25.1 Å². The lowest BCUT2D eigenvalue weighted by molar-refractivity contribution is -0.121. The monoisotopic (exact) mass is 266 g/mol. The van der Waals surface area contributed by atoms with Crippen LogP contribution in [0.1, 0.15) is 40.2 Å². The molecule has 3 N–H and O–H groups in total. The Kier molecular flexibility index (Phi) is 3.84. The predicted octanol–water partition coefficient (Wildman–Crippen LogP) is 0.376. The molecule has 1 saturated carbocycles. The van der Waals surface area contributed by atoms with E-state index in [2.05, 4.69) is 10.6 Å². The molecule has 0 bridgehead atoms. The van der Waals surface area contributed by atoms with E-state index >= 15 is 0 Å². The van der Waals surface area contributed by atoms with Crippen LogP contribution in [-0.4, -0.2) is 35.5 Å². The maximum absolute atomic E-state index is 11.6. The Balaban J connectivity index is 1.73. The highest BCUT2D eigenvalue weighted by molar-refractivity contribution is 5.95. The van der Waals surface area contributed by atoms with Gasteiger partial charge in [-0.05, 0) is 12.8 Å². The number of carboxylic acid groups (broad SMARTS) is 1. The maximum Gasteiger partial charge on any atom is 0.338 e. The predicted molar refractivity (Wildman–Crippen MR) is 63.8 cm³/mol. The zero-order chi connectivity index (χ0) is 13.8. The molecular weight excluding hydrogens is 252 g/mol. The quantitative estimate of drug-likeness (QED) is 0.689. The lowest BCUT2D eigenvalue weighted by atomic mass is 10.3. The summed E-state index contributed by atoms with van der Waals surface area (Å²) in [6.45, 7) is 0.181. The molecule has 0 atom stereocenters. The molecule has 102 valence electrons. The summed E-state index contributed by atoms with van der Waals surface area (Å²) in [5, 5.41) is 14.0. The molecule has 7 heteroatoms. The van der Waals surface area contributed by atoms with Crippen molar-refractivity contribution >= 4 is 17.8 Å². The Morgan fingerprint density at radius 1 is 1.37 bits per heavy atom. The van der Waals surface area contributed by atoms with Crippen LogP contribution in [0.25, 0.3) is 0 Å². The van der Waals surface area contributed by atoms with E-state index in [-0.39, 0.29) is 30.2 Å². The molecule has 19 heavy (non-hydrogen) atoms. The second-order valence-electron chi connectivity index (χ2n) is 4.35. The summed E-state index contributed by atoms with van der Waals surface area (Å²) < 4.78 is 4.83. The molecule has 2 amide bonds. The molecule has 0 aliphatic heterocycles. The topological polar surface area (TPSA) is 109 Å². The highest BCUT2D eigenvalue weighted by atomic mass is 16.4. The number of hydrogen-bond donors (Lipinski definition) is 3. The molecule has 0 saturated heterocycles. The van der Waals surface area contributed by atoms with Crippen molar-refractivity contribution in [3.05, 3.63) is 23.7 Å². The van der Waals surface area contributed by atoms with E-state index in [0.29, 0.717) is 6.04 Å². The third kappa shape index (κ3) is 3.84. The maximum atomic E-state index is 11.6. The highest BCUT2D eigenvalue weighted by Crippen LogP contribution is 2.18. The molecule has 0 radical (unpaired) electrons. The number of aromatic carboxylic acids is 1. The number of nitrogens with one attached hydrogen (secondary N) is 2. The summed E-state index contributed by atoms with van der Waals surface area (Å²) in [6, 6.07) is 1.44. The number of furan rings is 1. The average Bonchev–Trinajstić information content (AvgIpc) is 3.01. The first kappa shape index (κ1) is 13.1. The summed E-state index contributed by atoms with van der Waals surface area (Å²) in [4.78, 5) is 33.5. The lowest BCUT2D eigenvalue weighted by Gasteiger charge is -2.04. The zero-order valence-corrected chi connectivity index (χ0v) is 10.1. The van der Waals surface area contributed by atoms with Crippen LogP contribution in [0.15, 0.2) is 16.7 Å². The number of carbonyl (C=O) groups is 3. The Hall–Kier alpha value is -2.31. The molecule has 0 aromatic carbocycles. The summed E-state index contributed by atoms with van der Waals surface area (Å²) >= 11 is 0. The summed E-state index contributed by atoms with van der Waals surface area (Å²) in [7, 11) is 0. The Labute approximate surface area is 109 Å². The normalized spacial score (nSPS) is 13.9. The summed E-state index contributed by atoms with van der Waals surface area (Å²) in [5.41, 5.74) is -0.0865. The first-order valence-corrected chi connectivity index (χ1v) is 5.95. The van der Waals surface area contributed by atoms with Gasteiger partial charge in [0.15, 0.2) is 5.76 Å². The second-order valence-corrected chi connectivity index (χ2v) is 4.35. The van der Waals surface area contributed by atoms with Crippen molar-refractivity contribution in [2.75, 3.05) is 6.54 Å². The Morgan fingerprint density at radius 2 is 2.11 bits per heavy atom. The molecule has 1 aromatic heterocycles. The van der Waals surface area contributed by atoms with Gasteiger partial charge in [-0.25, -0.2) is 4.79 Å². The number of carboxylic acids is 1. The minimum atomic E-state index is -1.16. The first-order chi connectivity index (χ1) is 9.06. The second kappa shape index (κ2) is 5.55. The van der Waals surface area contributed by atoms with Crippen molar-refractivity contribution in [1.29, 1.82) is 0 Å². The Morgan fingerprint density at radius 3 is 2.68 bits per heavy atom. The largest absolute Gasteiger partial charge is 0.478 e. The van der Waals surface area contributed by atoms with Crippen LogP contribution >= 0.6 is 0 Å². The molecule has 2 rings (SSSR count). The lowest BCUT2D eigenvalue weighted by Crippen LogP contribution is -2.31. The van der Waals surface area contributed by atoms with Gasteiger partial charge in [0.25, 0.3) is 5.91 Å². The van der Waals surface area contributed by atoms with E-state index in [4.69, 9.17) is 9.52 Å². The van der Waals surface area contributed by atoms with Crippen LogP contribution in [0.4, 0.5) is 0 Å². The van der Waals surface area contributed by atoms with Gasteiger partial charge in [-0.3, -0.25) is 9.59 Å². The van der Waals surface area contributed by atoms with Gasteiger partial charge in [0.2, 0.25) is 5.91 Å². The fraction of sp³-hybridized carbons (Fsp3) is 0.417. The molecule has 1 aromatic rings. The van der Waals surface area contributed by atoms with E-state index in [1.165, 1.54) is 0 Å². The Bertz CT molecular complexity index is 504. The molecule has 7 nitrogen and oxygen atoms in total. The molecule has 0 unspecified atom stereocenters. The number of rotatable bonds is 6. The molecule has 0 spiro atoms. The van der Waals surface area contributed by atoms with Crippen LogP contribution in [0.2, 0.25) is 0 Å². The number of carbonyl (C=O) groups excluding carboxylic acids is 2. The van der Waals surface area contributed by atoms with Gasteiger partial charge in [0.05, 0.1) is 5.56 Å². The van der Waals surface area contributed by atoms with Crippen LogP contribution in [0, 0.1) is 0 Å². The molecule has 1 aliphatic rings. The summed E-state index contributed by atoms with van der Waals surface area (Å²) in [6.07, 6.45) is 3.22. The van der Waals surface area contributed by atoms with Gasteiger partial charge in [-0.2, -0.15) is 0 Å². The number of amides is 2. The van der Waals surface area contributed by atoms with Gasteiger partial charge >= 0.3 is 5.97 Å². The fourth-order valence-corrected chi connectivity index (χ4v) is 1.47. The standard InChI is InChI=1S/C12H14N2O5/c15-10(14-8-1-2-8)3-4-13-11(16)9-5-7(6-19-9)12(17)18/h5-6,8H,1-4H2,(H,13,16)(H,14,15)(H,17,18). The first-order valence-electron chi connectivity index (χ1n) is 5.95. The van der Waals surface area contributed by atoms with Gasteiger partial charge < -0.3 is 20.2 Å². The molecule has 1 heterocycles. The number of hydrogen-bond acceptors (Lipinski definition) is 4. The molecule has 1 fully saturated rings. The zero-order valence-electron chi connectivity index (χ0n) is 10.1. The van der Waals surface area contributed by atoms with Crippen LogP contribution in [0.5, 0.6) is 0 Å². The third-order valence-corrected chi connectivity index (χ3v) is 2.65. The molecular formula is C12H14N2O5. The molecule has 1 aliphatic carbocycles. The highest BCUT2D eigenvalue weighted by Gasteiger charge is 2.23. The average molecular weight is 266 g/mol. The van der Waals surface area contributed by atoms with Gasteiger partial charge in [0.1, 0.15) is 6.26 Å². The minimum absolute atomic E-state index is 0.0833. The smallest absolute Gasteiger partial charge is 0.338 e. The van der Waals surface area contributed by atoms with E-state index in [9.17, 15) is 14.4 Å². The van der Waals surface area contributed by atoms with Gasteiger partial charge in [-0.1, -0.05) is 0 Å². The van der Waals surface area contributed by atoms with Crippen molar-refractivity contribution in [2.45, 2.75) is 25.3 Å².